The van der Waals surface area contributed by atoms with Gasteiger partial charge in [0.25, 0.3) is 0 Å². The van der Waals surface area contributed by atoms with Gasteiger partial charge in [-0.1, -0.05) is 5.11 Å². The van der Waals surface area contributed by atoms with Crippen LogP contribution in [0.5, 0.6) is 0 Å². The Balaban J connectivity index is 2.63. The molecule has 4 atom stereocenters. The molecular formula is C6H12N4O3. The van der Waals surface area contributed by atoms with Gasteiger partial charge in [0.05, 0.1) is 30.9 Å². The van der Waals surface area contributed by atoms with Crippen molar-refractivity contribution in [2.75, 3.05) is 13.2 Å². The first kappa shape index (κ1) is 10.2. The van der Waals surface area contributed by atoms with Crippen LogP contribution in [0.1, 0.15) is 0 Å². The average Bonchev–Trinajstić information content (AvgIpc) is 2.14. The summed E-state index contributed by atoms with van der Waals surface area (Å²) in [4.78, 5) is 2.55. The van der Waals surface area contributed by atoms with E-state index in [0.29, 0.717) is 0 Å². The van der Waals surface area contributed by atoms with E-state index in [4.69, 9.17) is 10.6 Å². The van der Waals surface area contributed by atoms with E-state index in [1.54, 1.807) is 0 Å². The maximum Gasteiger partial charge on any atom is 0.0978 e. The Bertz CT molecular complexity index is 218. The molecule has 0 unspecified atom stereocenters. The molecule has 0 radical (unpaired) electrons. The standard InChI is InChI=1S/C6H12N4O3/c7-10-9-3-1-8-4(2-11)6(13)5(3)12/h3-6,8,11-13H,1-2H2/t3-,4+,5+,6+/m0/s1. The summed E-state index contributed by atoms with van der Waals surface area (Å²) in [6, 6.07) is -1.23. The maximum absolute atomic E-state index is 9.40. The minimum atomic E-state index is -1.12. The zero-order valence-corrected chi connectivity index (χ0v) is 6.91. The first-order valence-corrected chi connectivity index (χ1v) is 3.95. The molecule has 1 heterocycles. The highest BCUT2D eigenvalue weighted by molar-refractivity contribution is 4.95. The number of azide groups is 1. The third-order valence-corrected chi connectivity index (χ3v) is 2.14. The fourth-order valence-corrected chi connectivity index (χ4v) is 1.33. The summed E-state index contributed by atoms with van der Waals surface area (Å²) < 4.78 is 0. The predicted octanol–water partition coefficient (Wildman–Crippen LogP) is -1.65. The van der Waals surface area contributed by atoms with E-state index in [2.05, 4.69) is 15.3 Å². The summed E-state index contributed by atoms with van der Waals surface area (Å²) in [5.74, 6) is 0. The van der Waals surface area contributed by atoms with Crippen molar-refractivity contribution in [3.05, 3.63) is 10.4 Å². The molecule has 0 saturated carbocycles. The SMILES string of the molecule is [N-]=[N+]=N[C@H]1CN[C@H](CO)[C@@H](O)[C@@H]1O. The smallest absolute Gasteiger partial charge is 0.0978 e. The van der Waals surface area contributed by atoms with Crippen LogP contribution >= 0.6 is 0 Å². The van der Waals surface area contributed by atoms with Gasteiger partial charge in [-0.3, -0.25) is 0 Å². The summed E-state index contributed by atoms with van der Waals surface area (Å²) >= 11 is 0. The Morgan fingerprint density at radius 2 is 2.15 bits per heavy atom. The summed E-state index contributed by atoms with van der Waals surface area (Å²) in [5.41, 5.74) is 8.13. The number of rotatable bonds is 2. The fourth-order valence-electron chi connectivity index (χ4n) is 1.33. The van der Waals surface area contributed by atoms with Crippen molar-refractivity contribution in [3.63, 3.8) is 0 Å². The van der Waals surface area contributed by atoms with Crippen molar-refractivity contribution >= 4 is 0 Å². The number of aliphatic hydroxyl groups is 3. The van der Waals surface area contributed by atoms with Crippen LogP contribution in [0.25, 0.3) is 10.4 Å². The molecule has 0 bridgehead atoms. The van der Waals surface area contributed by atoms with Gasteiger partial charge in [0.15, 0.2) is 0 Å². The van der Waals surface area contributed by atoms with E-state index in [-0.39, 0.29) is 13.2 Å². The van der Waals surface area contributed by atoms with E-state index in [9.17, 15) is 10.2 Å². The molecule has 0 aromatic heterocycles. The molecule has 1 fully saturated rings. The van der Waals surface area contributed by atoms with Crippen LogP contribution < -0.4 is 5.32 Å². The molecule has 7 heteroatoms. The Hall–Kier alpha value is -0.850. The second-order valence-corrected chi connectivity index (χ2v) is 2.95. The number of nitrogens with zero attached hydrogens (tertiary/aromatic N) is 3. The van der Waals surface area contributed by atoms with Crippen molar-refractivity contribution < 1.29 is 15.3 Å². The quantitative estimate of drug-likeness (QED) is 0.235. The summed E-state index contributed by atoms with van der Waals surface area (Å²) in [6.07, 6.45) is -2.22. The van der Waals surface area contributed by atoms with Gasteiger partial charge in [0.1, 0.15) is 0 Å². The molecule has 0 aromatic carbocycles. The molecule has 0 spiro atoms. The summed E-state index contributed by atoms with van der Waals surface area (Å²) in [7, 11) is 0. The van der Waals surface area contributed by atoms with E-state index >= 15 is 0 Å². The van der Waals surface area contributed by atoms with Crippen molar-refractivity contribution in [3.8, 4) is 0 Å². The van der Waals surface area contributed by atoms with Gasteiger partial charge >= 0.3 is 0 Å². The number of nitrogens with one attached hydrogen (secondary N) is 1. The predicted molar refractivity (Wildman–Crippen MR) is 43.8 cm³/mol. The van der Waals surface area contributed by atoms with Gasteiger partial charge in [-0.15, -0.1) is 0 Å². The number of piperidine rings is 1. The molecule has 0 aliphatic carbocycles. The van der Waals surface area contributed by atoms with E-state index < -0.39 is 24.3 Å². The van der Waals surface area contributed by atoms with Crippen LogP contribution in [0.3, 0.4) is 0 Å². The van der Waals surface area contributed by atoms with Crippen LogP contribution in [0, 0.1) is 0 Å². The molecule has 0 amide bonds. The second kappa shape index (κ2) is 4.40. The van der Waals surface area contributed by atoms with Gasteiger partial charge in [0.2, 0.25) is 0 Å². The zero-order chi connectivity index (χ0) is 9.84. The first-order valence-electron chi connectivity index (χ1n) is 3.95. The number of aliphatic hydroxyl groups excluding tert-OH is 3. The largest absolute Gasteiger partial charge is 0.395 e. The fraction of sp³-hybridized carbons (Fsp3) is 1.00. The Morgan fingerprint density at radius 3 is 2.69 bits per heavy atom. The van der Waals surface area contributed by atoms with E-state index in [1.165, 1.54) is 0 Å². The molecule has 74 valence electrons. The highest BCUT2D eigenvalue weighted by atomic mass is 16.3. The lowest BCUT2D eigenvalue weighted by molar-refractivity contribution is -0.0479. The minimum absolute atomic E-state index is 0.257. The molecule has 0 aromatic rings. The molecule has 13 heavy (non-hydrogen) atoms. The monoisotopic (exact) mass is 188 g/mol. The summed E-state index contributed by atoms with van der Waals surface area (Å²) in [5, 5.41) is 33.6. The molecular weight excluding hydrogens is 176 g/mol. The van der Waals surface area contributed by atoms with Crippen LogP contribution in [0.4, 0.5) is 0 Å². The maximum atomic E-state index is 9.40. The van der Waals surface area contributed by atoms with Gasteiger partial charge in [0, 0.05) is 11.5 Å². The zero-order valence-electron chi connectivity index (χ0n) is 6.91. The molecule has 1 aliphatic heterocycles. The van der Waals surface area contributed by atoms with Crippen LogP contribution in [0.15, 0.2) is 5.11 Å². The van der Waals surface area contributed by atoms with Gasteiger partial charge in [-0.05, 0) is 5.53 Å². The number of hydrogen-bond acceptors (Lipinski definition) is 5. The van der Waals surface area contributed by atoms with Gasteiger partial charge in [-0.2, -0.15) is 0 Å². The minimum Gasteiger partial charge on any atom is -0.395 e. The lowest BCUT2D eigenvalue weighted by Gasteiger charge is -2.35. The summed E-state index contributed by atoms with van der Waals surface area (Å²) in [6.45, 7) is -0.00523. The molecule has 1 rings (SSSR count). The molecule has 1 aliphatic rings. The van der Waals surface area contributed by atoms with Crippen LogP contribution in [-0.4, -0.2) is 52.8 Å². The normalized spacial score (nSPS) is 39.6. The number of hydrogen-bond donors (Lipinski definition) is 4. The van der Waals surface area contributed by atoms with Crippen molar-refractivity contribution in [2.24, 2.45) is 5.11 Å². The highest BCUT2D eigenvalue weighted by Crippen LogP contribution is 2.13. The molecule has 4 N–H and O–H groups in total. The van der Waals surface area contributed by atoms with Crippen molar-refractivity contribution in [1.29, 1.82) is 0 Å². The van der Waals surface area contributed by atoms with Gasteiger partial charge in [-0.25, -0.2) is 0 Å². The van der Waals surface area contributed by atoms with Crippen molar-refractivity contribution in [1.82, 2.24) is 5.32 Å². The van der Waals surface area contributed by atoms with Crippen LogP contribution in [-0.2, 0) is 0 Å². The third kappa shape index (κ3) is 2.09. The van der Waals surface area contributed by atoms with E-state index in [1.807, 2.05) is 0 Å². The lowest BCUT2D eigenvalue weighted by atomic mass is 9.95. The van der Waals surface area contributed by atoms with E-state index in [0.717, 1.165) is 0 Å². The second-order valence-electron chi connectivity index (χ2n) is 2.95. The topological polar surface area (TPSA) is 121 Å². The average molecular weight is 188 g/mol. The lowest BCUT2D eigenvalue weighted by Crippen LogP contribution is -2.60. The van der Waals surface area contributed by atoms with Crippen molar-refractivity contribution in [2.45, 2.75) is 24.3 Å². The van der Waals surface area contributed by atoms with Crippen LogP contribution in [0.2, 0.25) is 0 Å². The first-order chi connectivity index (χ1) is 6.20. The highest BCUT2D eigenvalue weighted by Gasteiger charge is 2.36. The Kier molecular flexibility index (Phi) is 3.47. The molecule has 7 nitrogen and oxygen atoms in total. The third-order valence-electron chi connectivity index (χ3n) is 2.14. The van der Waals surface area contributed by atoms with Gasteiger partial charge < -0.3 is 20.6 Å². The molecule has 1 saturated heterocycles. The Labute approximate surface area is 74.6 Å². The Morgan fingerprint density at radius 1 is 1.46 bits per heavy atom.